The molecular formula is C10H15NO3. The van der Waals surface area contributed by atoms with Crippen LogP contribution in [0.3, 0.4) is 0 Å². The Hall–Kier alpha value is -1.29. The van der Waals surface area contributed by atoms with E-state index < -0.39 is 5.97 Å². The van der Waals surface area contributed by atoms with Crippen LogP contribution in [-0.4, -0.2) is 28.6 Å². The zero-order chi connectivity index (χ0) is 10.6. The van der Waals surface area contributed by atoms with Crippen molar-refractivity contribution in [1.29, 1.82) is 0 Å². The number of aliphatic carboxylic acids is 1. The predicted octanol–water partition coefficient (Wildman–Crippen LogP) is 1.57. The van der Waals surface area contributed by atoms with Crippen LogP contribution in [0.4, 0.5) is 0 Å². The summed E-state index contributed by atoms with van der Waals surface area (Å²) in [5, 5.41) is 8.70. The number of carboxylic acids is 1. The first-order valence-corrected chi connectivity index (χ1v) is 4.56. The Morgan fingerprint density at radius 1 is 1.64 bits per heavy atom. The van der Waals surface area contributed by atoms with Crippen LogP contribution in [0, 0.1) is 0 Å². The van der Waals surface area contributed by atoms with E-state index in [1.807, 2.05) is 24.8 Å². The van der Waals surface area contributed by atoms with Gasteiger partial charge in [0, 0.05) is 18.2 Å². The molecule has 4 heteroatoms. The Morgan fingerprint density at radius 3 is 2.79 bits per heavy atom. The number of rotatable bonds is 5. The molecule has 0 aliphatic heterocycles. The first-order valence-electron chi connectivity index (χ1n) is 4.56. The molecule has 0 aliphatic carbocycles. The molecule has 14 heavy (non-hydrogen) atoms. The Labute approximate surface area is 83.1 Å². The van der Waals surface area contributed by atoms with Gasteiger partial charge in [0.05, 0.1) is 19.1 Å². The molecule has 0 atom stereocenters. The van der Waals surface area contributed by atoms with Crippen molar-refractivity contribution < 1.29 is 14.3 Å². The molecule has 1 rings (SSSR count). The lowest BCUT2D eigenvalue weighted by Crippen LogP contribution is -2.34. The Balaban J connectivity index is 2.56. The molecule has 0 fully saturated rings. The summed E-state index contributed by atoms with van der Waals surface area (Å²) in [6.07, 6.45) is 3.23. The second-order valence-electron chi connectivity index (χ2n) is 3.52. The summed E-state index contributed by atoms with van der Waals surface area (Å²) < 4.78 is 4.93. The van der Waals surface area contributed by atoms with Crippen molar-refractivity contribution >= 4 is 5.97 Å². The monoisotopic (exact) mass is 197 g/mol. The largest absolute Gasteiger partial charge is 0.480 e. The van der Waals surface area contributed by atoms with Crippen molar-refractivity contribution in [2.45, 2.75) is 26.4 Å². The number of carbonyl (C=O) groups is 1. The van der Waals surface area contributed by atoms with Gasteiger partial charge in [-0.15, -0.1) is 0 Å². The average molecular weight is 197 g/mol. The first-order chi connectivity index (χ1) is 6.59. The highest BCUT2D eigenvalue weighted by Crippen LogP contribution is 2.08. The Bertz CT molecular complexity index is 280. The second-order valence-corrected chi connectivity index (χ2v) is 3.52. The first kappa shape index (κ1) is 10.8. The lowest BCUT2D eigenvalue weighted by molar-refractivity contribution is -0.138. The summed E-state index contributed by atoms with van der Waals surface area (Å²) in [6, 6.07) is 2.05. The summed E-state index contributed by atoms with van der Waals surface area (Å²) in [5.74, 6) is -0.804. The van der Waals surface area contributed by atoms with Gasteiger partial charge in [0.25, 0.3) is 0 Å². The van der Waals surface area contributed by atoms with Crippen LogP contribution < -0.4 is 0 Å². The van der Waals surface area contributed by atoms with E-state index in [2.05, 4.69) is 0 Å². The molecule has 1 heterocycles. The molecule has 0 spiro atoms. The van der Waals surface area contributed by atoms with Crippen molar-refractivity contribution in [3.63, 3.8) is 0 Å². The topological polar surface area (TPSA) is 53.7 Å². The summed E-state index contributed by atoms with van der Waals surface area (Å²) in [4.78, 5) is 12.4. The molecular weight excluding hydrogens is 182 g/mol. The lowest BCUT2D eigenvalue weighted by atomic mass is 10.2. The van der Waals surface area contributed by atoms with Crippen LogP contribution in [0.1, 0.15) is 19.4 Å². The summed E-state index contributed by atoms with van der Waals surface area (Å²) in [6.45, 7) is 4.62. The molecule has 1 aromatic heterocycles. The predicted molar refractivity (Wildman–Crippen MR) is 51.9 cm³/mol. The number of hydrogen-bond acceptors (Lipinski definition) is 3. The van der Waals surface area contributed by atoms with Crippen LogP contribution >= 0.6 is 0 Å². The van der Waals surface area contributed by atoms with E-state index in [1.165, 1.54) is 0 Å². The highest BCUT2D eigenvalue weighted by molar-refractivity contribution is 5.69. The van der Waals surface area contributed by atoms with E-state index in [0.717, 1.165) is 5.56 Å². The third-order valence-corrected chi connectivity index (χ3v) is 2.03. The number of hydrogen-bond donors (Lipinski definition) is 1. The van der Waals surface area contributed by atoms with Gasteiger partial charge in [-0.1, -0.05) is 0 Å². The normalized spacial score (nSPS) is 11.1. The van der Waals surface area contributed by atoms with Gasteiger partial charge in [-0.05, 0) is 19.9 Å². The smallest absolute Gasteiger partial charge is 0.317 e. The van der Waals surface area contributed by atoms with Gasteiger partial charge < -0.3 is 9.52 Å². The van der Waals surface area contributed by atoms with Gasteiger partial charge in [0.1, 0.15) is 0 Å². The van der Waals surface area contributed by atoms with Crippen molar-refractivity contribution in [2.24, 2.45) is 0 Å². The number of carboxylic acid groups (broad SMARTS) is 1. The number of nitrogens with zero attached hydrogens (tertiary/aromatic N) is 1. The van der Waals surface area contributed by atoms with Gasteiger partial charge in [-0.2, -0.15) is 0 Å². The van der Waals surface area contributed by atoms with Gasteiger partial charge in [-0.3, -0.25) is 9.69 Å². The maximum Gasteiger partial charge on any atom is 0.317 e. The van der Waals surface area contributed by atoms with Gasteiger partial charge in [0.15, 0.2) is 0 Å². The van der Waals surface area contributed by atoms with E-state index in [1.54, 1.807) is 12.5 Å². The minimum atomic E-state index is -0.804. The van der Waals surface area contributed by atoms with Crippen molar-refractivity contribution in [1.82, 2.24) is 4.90 Å². The van der Waals surface area contributed by atoms with Crippen molar-refractivity contribution in [3.05, 3.63) is 24.2 Å². The van der Waals surface area contributed by atoms with Gasteiger partial charge in [0.2, 0.25) is 0 Å². The molecule has 0 saturated heterocycles. The van der Waals surface area contributed by atoms with Crippen LogP contribution in [0.5, 0.6) is 0 Å². The molecule has 0 bridgehead atoms. The van der Waals surface area contributed by atoms with Crippen LogP contribution in [0.2, 0.25) is 0 Å². The molecule has 0 aromatic carbocycles. The highest BCUT2D eigenvalue weighted by Gasteiger charge is 2.13. The quantitative estimate of drug-likeness (QED) is 0.778. The summed E-state index contributed by atoms with van der Waals surface area (Å²) in [5.41, 5.74) is 1.000. The second kappa shape index (κ2) is 4.81. The molecule has 1 N–H and O–H groups in total. The summed E-state index contributed by atoms with van der Waals surface area (Å²) >= 11 is 0. The Morgan fingerprint density at radius 2 is 2.36 bits per heavy atom. The maximum atomic E-state index is 10.6. The van der Waals surface area contributed by atoms with Gasteiger partial charge in [-0.25, -0.2) is 0 Å². The van der Waals surface area contributed by atoms with Crippen molar-refractivity contribution in [3.8, 4) is 0 Å². The van der Waals surface area contributed by atoms with E-state index in [4.69, 9.17) is 9.52 Å². The molecule has 78 valence electrons. The lowest BCUT2D eigenvalue weighted by Gasteiger charge is -2.23. The fourth-order valence-electron chi connectivity index (χ4n) is 1.21. The molecule has 1 aromatic rings. The fourth-order valence-corrected chi connectivity index (χ4v) is 1.21. The number of furan rings is 1. The van der Waals surface area contributed by atoms with E-state index in [0.29, 0.717) is 6.54 Å². The highest BCUT2D eigenvalue weighted by atomic mass is 16.4. The molecule has 0 aliphatic rings. The Kier molecular flexibility index (Phi) is 3.71. The SMILES string of the molecule is CC(C)N(CC(=O)O)Cc1ccoc1. The minimum Gasteiger partial charge on any atom is -0.480 e. The third kappa shape index (κ3) is 3.22. The summed E-state index contributed by atoms with van der Waals surface area (Å²) in [7, 11) is 0. The maximum absolute atomic E-state index is 10.6. The van der Waals surface area contributed by atoms with Crippen LogP contribution in [0.25, 0.3) is 0 Å². The van der Waals surface area contributed by atoms with Crippen molar-refractivity contribution in [2.75, 3.05) is 6.54 Å². The minimum absolute atomic E-state index is 0.0584. The van der Waals surface area contributed by atoms with E-state index in [9.17, 15) is 4.79 Å². The molecule has 0 unspecified atom stereocenters. The zero-order valence-corrected chi connectivity index (χ0v) is 8.43. The molecule has 4 nitrogen and oxygen atoms in total. The van der Waals surface area contributed by atoms with Gasteiger partial charge >= 0.3 is 5.97 Å². The average Bonchev–Trinajstić information content (AvgIpc) is 2.54. The third-order valence-electron chi connectivity index (χ3n) is 2.03. The van der Waals surface area contributed by atoms with E-state index >= 15 is 0 Å². The van der Waals surface area contributed by atoms with Crippen LogP contribution in [-0.2, 0) is 11.3 Å². The van der Waals surface area contributed by atoms with E-state index in [-0.39, 0.29) is 12.6 Å². The molecule has 0 saturated carbocycles. The standard InChI is InChI=1S/C10H15NO3/c1-8(2)11(6-10(12)13)5-9-3-4-14-7-9/h3-4,7-8H,5-6H2,1-2H3,(H,12,13). The molecule has 0 amide bonds. The zero-order valence-electron chi connectivity index (χ0n) is 8.43. The van der Waals surface area contributed by atoms with Crippen LogP contribution in [0.15, 0.2) is 23.0 Å². The molecule has 0 radical (unpaired) electrons. The fraction of sp³-hybridized carbons (Fsp3) is 0.500.